The molecule has 0 saturated carbocycles. The van der Waals surface area contributed by atoms with Crippen LogP contribution in [0.1, 0.15) is 29.6 Å². The summed E-state index contributed by atoms with van der Waals surface area (Å²) in [6, 6.07) is 5.75. The number of amides is 1. The molecule has 0 aliphatic carbocycles. The molecule has 2 aromatic rings. The standard InChI is InChI=1S/C19H25N3O3/c1-21-13-20-17-10-15(2-3-18(17)21)19(23)22-7-4-16(5-8-22)25-12-14-6-9-24-11-14/h2-3,10,13-14,16H,4-9,11-12H2,1H3. The molecule has 134 valence electrons. The summed E-state index contributed by atoms with van der Waals surface area (Å²) < 4.78 is 13.4. The van der Waals surface area contributed by atoms with Gasteiger partial charge in [0.25, 0.3) is 5.91 Å². The highest BCUT2D eigenvalue weighted by atomic mass is 16.5. The molecule has 6 heteroatoms. The van der Waals surface area contributed by atoms with Gasteiger partial charge in [0, 0.05) is 38.2 Å². The maximum Gasteiger partial charge on any atom is 0.253 e. The normalized spacial score (nSPS) is 22.0. The molecule has 0 spiro atoms. The fourth-order valence-electron chi connectivity index (χ4n) is 3.66. The third-order valence-corrected chi connectivity index (χ3v) is 5.29. The van der Waals surface area contributed by atoms with Crippen molar-refractivity contribution in [1.82, 2.24) is 14.5 Å². The van der Waals surface area contributed by atoms with Crippen LogP contribution in [-0.2, 0) is 16.5 Å². The van der Waals surface area contributed by atoms with E-state index >= 15 is 0 Å². The van der Waals surface area contributed by atoms with Gasteiger partial charge in [-0.25, -0.2) is 4.98 Å². The van der Waals surface area contributed by atoms with Gasteiger partial charge in [0.2, 0.25) is 0 Å². The van der Waals surface area contributed by atoms with Crippen LogP contribution in [-0.4, -0.2) is 59.4 Å². The third kappa shape index (κ3) is 3.55. The van der Waals surface area contributed by atoms with Crippen LogP contribution >= 0.6 is 0 Å². The average Bonchev–Trinajstić information content (AvgIpc) is 3.30. The first-order valence-corrected chi connectivity index (χ1v) is 9.10. The minimum absolute atomic E-state index is 0.0928. The van der Waals surface area contributed by atoms with Crippen molar-refractivity contribution in [2.45, 2.75) is 25.4 Å². The summed E-state index contributed by atoms with van der Waals surface area (Å²) in [5.41, 5.74) is 2.62. The molecule has 0 radical (unpaired) electrons. The van der Waals surface area contributed by atoms with Crippen LogP contribution < -0.4 is 0 Å². The molecule has 0 N–H and O–H groups in total. The summed E-state index contributed by atoms with van der Waals surface area (Å²) in [4.78, 5) is 19.0. The summed E-state index contributed by atoms with van der Waals surface area (Å²) in [7, 11) is 1.96. The number of rotatable bonds is 4. The van der Waals surface area contributed by atoms with Gasteiger partial charge in [-0.3, -0.25) is 4.79 Å². The highest BCUT2D eigenvalue weighted by Crippen LogP contribution is 2.21. The van der Waals surface area contributed by atoms with Gasteiger partial charge in [0.1, 0.15) is 0 Å². The predicted molar refractivity (Wildman–Crippen MR) is 94.5 cm³/mol. The van der Waals surface area contributed by atoms with Gasteiger partial charge in [-0.05, 0) is 37.5 Å². The van der Waals surface area contributed by atoms with Gasteiger partial charge >= 0.3 is 0 Å². The fourth-order valence-corrected chi connectivity index (χ4v) is 3.66. The Morgan fingerprint density at radius 2 is 2.16 bits per heavy atom. The smallest absolute Gasteiger partial charge is 0.253 e. The molecule has 1 unspecified atom stereocenters. The lowest BCUT2D eigenvalue weighted by Gasteiger charge is -2.32. The first-order valence-electron chi connectivity index (χ1n) is 9.10. The molecule has 25 heavy (non-hydrogen) atoms. The highest BCUT2D eigenvalue weighted by Gasteiger charge is 2.25. The Labute approximate surface area is 147 Å². The molecule has 1 amide bonds. The predicted octanol–water partition coefficient (Wildman–Crippen LogP) is 2.23. The van der Waals surface area contributed by atoms with Crippen molar-refractivity contribution in [3.63, 3.8) is 0 Å². The number of hydrogen-bond donors (Lipinski definition) is 0. The van der Waals surface area contributed by atoms with E-state index in [1.807, 2.05) is 34.7 Å². The van der Waals surface area contributed by atoms with Crippen LogP contribution in [0.4, 0.5) is 0 Å². The van der Waals surface area contributed by atoms with Crippen molar-refractivity contribution in [2.75, 3.05) is 32.9 Å². The summed E-state index contributed by atoms with van der Waals surface area (Å²) in [5.74, 6) is 0.639. The third-order valence-electron chi connectivity index (χ3n) is 5.29. The van der Waals surface area contributed by atoms with E-state index in [-0.39, 0.29) is 12.0 Å². The Morgan fingerprint density at radius 1 is 1.32 bits per heavy atom. The SMILES string of the molecule is Cn1cnc2cc(C(=O)N3CCC(OCC4CCOC4)CC3)ccc21. The van der Waals surface area contributed by atoms with Crippen molar-refractivity contribution in [3.05, 3.63) is 30.1 Å². The fraction of sp³-hybridized carbons (Fsp3) is 0.579. The van der Waals surface area contributed by atoms with E-state index in [9.17, 15) is 4.79 Å². The highest BCUT2D eigenvalue weighted by molar-refractivity contribution is 5.97. The Hall–Kier alpha value is -1.92. The van der Waals surface area contributed by atoms with E-state index < -0.39 is 0 Å². The Kier molecular flexibility index (Phi) is 4.72. The molecule has 1 aromatic carbocycles. The summed E-state index contributed by atoms with van der Waals surface area (Å²) >= 11 is 0. The number of carbonyl (C=O) groups excluding carboxylic acids is 1. The minimum Gasteiger partial charge on any atom is -0.381 e. The van der Waals surface area contributed by atoms with E-state index in [1.54, 1.807) is 6.33 Å². The molecule has 1 aromatic heterocycles. The number of aryl methyl sites for hydroxylation is 1. The van der Waals surface area contributed by atoms with Crippen molar-refractivity contribution in [3.8, 4) is 0 Å². The zero-order valence-electron chi connectivity index (χ0n) is 14.7. The van der Waals surface area contributed by atoms with E-state index in [0.717, 1.165) is 63.2 Å². The average molecular weight is 343 g/mol. The van der Waals surface area contributed by atoms with Crippen LogP contribution in [0, 0.1) is 5.92 Å². The van der Waals surface area contributed by atoms with Gasteiger partial charge in [0.05, 0.1) is 36.7 Å². The second kappa shape index (κ2) is 7.14. The Morgan fingerprint density at radius 3 is 2.92 bits per heavy atom. The van der Waals surface area contributed by atoms with Gasteiger partial charge in [-0.1, -0.05) is 0 Å². The molecule has 0 bridgehead atoms. The summed E-state index contributed by atoms with van der Waals surface area (Å²) in [5, 5.41) is 0. The molecule has 6 nitrogen and oxygen atoms in total. The number of aromatic nitrogens is 2. The van der Waals surface area contributed by atoms with Crippen LogP contribution in [0.2, 0.25) is 0 Å². The molecule has 4 rings (SSSR count). The number of carbonyl (C=O) groups is 1. The van der Waals surface area contributed by atoms with E-state index in [4.69, 9.17) is 9.47 Å². The number of ether oxygens (including phenoxy) is 2. The molecule has 2 aliphatic rings. The number of nitrogens with zero attached hydrogens (tertiary/aromatic N) is 3. The first-order chi connectivity index (χ1) is 12.2. The molecular weight excluding hydrogens is 318 g/mol. The van der Waals surface area contributed by atoms with Crippen molar-refractivity contribution < 1.29 is 14.3 Å². The summed E-state index contributed by atoms with van der Waals surface area (Å²) in [6.45, 7) is 3.99. The van der Waals surface area contributed by atoms with Gasteiger partial charge in [-0.15, -0.1) is 0 Å². The minimum atomic E-state index is 0.0928. The van der Waals surface area contributed by atoms with Gasteiger partial charge in [0.15, 0.2) is 0 Å². The van der Waals surface area contributed by atoms with Gasteiger partial charge in [-0.2, -0.15) is 0 Å². The monoisotopic (exact) mass is 343 g/mol. The molecule has 2 saturated heterocycles. The molecule has 3 heterocycles. The lowest BCUT2D eigenvalue weighted by molar-refractivity contribution is -0.00793. The number of benzene rings is 1. The number of likely N-dealkylation sites (tertiary alicyclic amines) is 1. The second-order valence-electron chi connectivity index (χ2n) is 7.11. The van der Waals surface area contributed by atoms with Crippen LogP contribution in [0.3, 0.4) is 0 Å². The maximum absolute atomic E-state index is 12.8. The molecule has 2 aliphatic heterocycles. The molecule has 1 atom stereocenters. The maximum atomic E-state index is 12.8. The van der Waals surface area contributed by atoms with Crippen molar-refractivity contribution in [1.29, 1.82) is 0 Å². The van der Waals surface area contributed by atoms with Crippen LogP contribution in [0.5, 0.6) is 0 Å². The first kappa shape index (κ1) is 16.5. The zero-order valence-corrected chi connectivity index (χ0v) is 14.7. The van der Waals surface area contributed by atoms with Crippen molar-refractivity contribution >= 4 is 16.9 Å². The van der Waals surface area contributed by atoms with Crippen LogP contribution in [0.25, 0.3) is 11.0 Å². The quantitative estimate of drug-likeness (QED) is 0.854. The van der Waals surface area contributed by atoms with E-state index in [1.165, 1.54) is 0 Å². The second-order valence-corrected chi connectivity index (χ2v) is 7.11. The number of fused-ring (bicyclic) bond motifs is 1. The zero-order chi connectivity index (χ0) is 17.2. The Balaban J connectivity index is 1.32. The lowest BCUT2D eigenvalue weighted by Crippen LogP contribution is -2.41. The van der Waals surface area contributed by atoms with E-state index in [0.29, 0.717) is 11.5 Å². The number of hydrogen-bond acceptors (Lipinski definition) is 4. The lowest BCUT2D eigenvalue weighted by atomic mass is 10.1. The molecule has 2 fully saturated rings. The van der Waals surface area contributed by atoms with Gasteiger partial charge < -0.3 is 18.9 Å². The Bertz CT molecular complexity index is 743. The van der Waals surface area contributed by atoms with Crippen molar-refractivity contribution in [2.24, 2.45) is 13.0 Å². The number of imidazole rings is 1. The molecular formula is C19H25N3O3. The topological polar surface area (TPSA) is 56.6 Å². The van der Waals surface area contributed by atoms with Crippen LogP contribution in [0.15, 0.2) is 24.5 Å². The van der Waals surface area contributed by atoms with E-state index in [2.05, 4.69) is 4.98 Å². The summed E-state index contributed by atoms with van der Waals surface area (Å²) in [6.07, 6.45) is 4.96. The largest absolute Gasteiger partial charge is 0.381 e. The number of piperidine rings is 1.